The molecule has 0 radical (unpaired) electrons. The standard InChI is InChI=1S/C45H74O23/c1-3-4-31(46)30-7-23-15-54-39(30)63-25-9-33(48)44(56-17-25)68-29-13-37(52-2)45(60-21-29)62-22-5-6-38(53-14-22)61-24-8-32(47)41(55-16-24)65-27-11-35(50)43(58-19-27)67-28-12-36(51)42(59-20-28)66-26-10-34(49)40(64-23)57-18-26/h22-51H,3-21H2,1-2H3/t22-,23-,24-,25-,26-,27-,28-,29-,30-,31?,32+,33+,34+,35+,36+,37+,38+,39+,40+,41+,42+,43+,44+,45+/m0/s1. The van der Waals surface area contributed by atoms with E-state index >= 15 is 0 Å². The Morgan fingerprint density at radius 1 is 0.397 bits per heavy atom. The quantitative estimate of drug-likeness (QED) is 0.198. The fourth-order valence-electron chi connectivity index (χ4n) is 10.5. The summed E-state index contributed by atoms with van der Waals surface area (Å²) in [5.41, 5.74) is 0. The van der Waals surface area contributed by atoms with E-state index in [-0.39, 0.29) is 91.1 Å². The van der Waals surface area contributed by atoms with E-state index in [0.717, 1.165) is 6.42 Å². The highest BCUT2D eigenvalue weighted by atomic mass is 16.8. The first-order valence-corrected chi connectivity index (χ1v) is 24.7. The molecule has 68 heavy (non-hydrogen) atoms. The molecule has 30 saturated heterocycles. The van der Waals surface area contributed by atoms with Crippen molar-refractivity contribution in [3.8, 4) is 0 Å². The molecule has 30 heterocycles. The molecule has 16 bridgehead atoms. The van der Waals surface area contributed by atoms with E-state index in [4.69, 9.17) is 80.5 Å². The van der Waals surface area contributed by atoms with Gasteiger partial charge in [-0.3, -0.25) is 0 Å². The van der Waals surface area contributed by atoms with Gasteiger partial charge >= 0.3 is 0 Å². The summed E-state index contributed by atoms with van der Waals surface area (Å²) in [4.78, 5) is 0. The van der Waals surface area contributed by atoms with Crippen molar-refractivity contribution in [2.24, 2.45) is 5.92 Å². The van der Waals surface area contributed by atoms with Crippen molar-refractivity contribution in [2.75, 3.05) is 60.0 Å². The molecular weight excluding hydrogens is 908 g/mol. The summed E-state index contributed by atoms with van der Waals surface area (Å²) in [6.45, 7) is 2.96. The predicted octanol–water partition coefficient (Wildman–Crippen LogP) is -0.960. The van der Waals surface area contributed by atoms with Crippen molar-refractivity contribution in [3.05, 3.63) is 0 Å². The van der Waals surface area contributed by atoms with Crippen LogP contribution in [0, 0.1) is 5.92 Å². The second-order valence-electron chi connectivity index (χ2n) is 19.6. The average Bonchev–Trinajstić information content (AvgIpc) is 3.32. The molecule has 1 unspecified atom stereocenters. The van der Waals surface area contributed by atoms with Crippen LogP contribution in [0.1, 0.15) is 77.6 Å². The molecular formula is C45H74O23. The van der Waals surface area contributed by atoms with Gasteiger partial charge in [0.2, 0.25) is 0 Å². The van der Waals surface area contributed by atoms with Gasteiger partial charge < -0.3 is 111 Å². The fourth-order valence-corrected chi connectivity index (χ4v) is 10.5. The van der Waals surface area contributed by atoms with Gasteiger partial charge in [-0.15, -0.1) is 0 Å². The van der Waals surface area contributed by atoms with Crippen LogP contribution in [0.4, 0.5) is 0 Å². The Balaban J connectivity index is 0.814. The molecule has 30 aliphatic rings. The van der Waals surface area contributed by atoms with E-state index < -0.39 is 142 Å². The van der Waals surface area contributed by atoms with Crippen molar-refractivity contribution in [1.82, 2.24) is 0 Å². The molecule has 392 valence electrons. The van der Waals surface area contributed by atoms with Gasteiger partial charge in [-0.05, 0) is 19.3 Å². The van der Waals surface area contributed by atoms with Crippen molar-refractivity contribution < 1.29 is 111 Å². The van der Waals surface area contributed by atoms with Gasteiger partial charge in [-0.2, -0.15) is 0 Å². The monoisotopic (exact) mass is 982 g/mol. The summed E-state index contributed by atoms with van der Waals surface area (Å²) in [7, 11) is 1.58. The average molecular weight is 983 g/mol. The van der Waals surface area contributed by atoms with E-state index in [0.29, 0.717) is 32.1 Å². The third-order valence-corrected chi connectivity index (χ3v) is 14.1. The van der Waals surface area contributed by atoms with Crippen molar-refractivity contribution in [1.29, 1.82) is 0 Å². The molecule has 30 aliphatic heterocycles. The summed E-state index contributed by atoms with van der Waals surface area (Å²) in [6.07, 6.45) is -13.4. The van der Waals surface area contributed by atoms with Gasteiger partial charge in [0.05, 0.1) is 108 Å². The minimum Gasteiger partial charge on any atom is -0.393 e. The highest BCUT2D eigenvalue weighted by Gasteiger charge is 2.46. The maximum Gasteiger partial charge on any atom is 0.184 e. The van der Waals surface area contributed by atoms with Gasteiger partial charge in [0.25, 0.3) is 0 Å². The Morgan fingerprint density at radius 2 is 0.735 bits per heavy atom. The van der Waals surface area contributed by atoms with Crippen molar-refractivity contribution in [2.45, 2.75) is 219 Å². The van der Waals surface area contributed by atoms with Gasteiger partial charge in [-0.25, -0.2) is 0 Å². The number of hydrogen-bond acceptors (Lipinski definition) is 23. The Labute approximate surface area is 395 Å². The highest BCUT2D eigenvalue weighted by molar-refractivity contribution is 4.87. The smallest absolute Gasteiger partial charge is 0.184 e. The first-order chi connectivity index (χ1) is 33.0. The number of methoxy groups -OCH3 is 1. The Bertz CT molecular complexity index is 1510. The van der Waals surface area contributed by atoms with E-state index in [9.17, 15) is 30.6 Å². The van der Waals surface area contributed by atoms with E-state index in [1.54, 1.807) is 7.11 Å². The lowest BCUT2D eigenvalue weighted by Gasteiger charge is -2.44. The lowest BCUT2D eigenvalue weighted by atomic mass is 9.90. The number of aliphatic hydroxyl groups is 6. The second kappa shape index (κ2) is 24.4. The SMILES string of the molecule is CCCC(O)[C@@H]1C[C@H]2CO[C@@H]1O[C@@H]1CO[C@H](O[C@@H]3CO[C@H](O[C@H]4CC[C@H](OC4)O[C@@H]4CO[C@H](O[C@@H]5CO[C@H](O[C@@H]6CO[C@H](O[C@@H]7CO[C@H](O2)[C@H](O)C7)[C@H](O)C6)[C@H](O)C5)[C@H](O)C4)[C@H](OC)C3)[C@H](O)C1. The van der Waals surface area contributed by atoms with Crippen LogP contribution in [0.2, 0.25) is 0 Å². The zero-order valence-electron chi connectivity index (χ0n) is 38.9. The van der Waals surface area contributed by atoms with Crippen LogP contribution in [0.5, 0.6) is 0 Å². The molecule has 0 spiro atoms. The number of aliphatic hydroxyl groups excluding tert-OH is 6. The summed E-state index contributed by atoms with van der Waals surface area (Å²) < 4.78 is 103. The number of hydrogen-bond donors (Lipinski definition) is 6. The summed E-state index contributed by atoms with van der Waals surface area (Å²) >= 11 is 0. The Hall–Kier alpha value is -0.920. The molecule has 0 aromatic heterocycles. The zero-order chi connectivity index (χ0) is 47.3. The highest BCUT2D eigenvalue weighted by Crippen LogP contribution is 2.35. The maximum absolute atomic E-state index is 11.3. The third kappa shape index (κ3) is 13.4. The summed E-state index contributed by atoms with van der Waals surface area (Å²) in [5.74, 6) is -0.483. The predicted molar refractivity (Wildman–Crippen MR) is 224 cm³/mol. The van der Waals surface area contributed by atoms with Crippen LogP contribution < -0.4 is 0 Å². The van der Waals surface area contributed by atoms with Crippen LogP contribution >= 0.6 is 0 Å². The lowest BCUT2D eigenvalue weighted by molar-refractivity contribution is -0.335. The molecule has 0 amide bonds. The fraction of sp³-hybridized carbons (Fsp3) is 1.00. The third-order valence-electron chi connectivity index (χ3n) is 14.1. The van der Waals surface area contributed by atoms with Gasteiger partial charge in [0.15, 0.2) is 50.3 Å². The summed E-state index contributed by atoms with van der Waals surface area (Å²) in [6, 6.07) is 0. The normalized spacial score (nSPS) is 49.9. The van der Waals surface area contributed by atoms with Crippen LogP contribution in [0.15, 0.2) is 0 Å². The van der Waals surface area contributed by atoms with E-state index in [1.807, 2.05) is 6.92 Å². The molecule has 0 aliphatic carbocycles. The topological polar surface area (TPSA) is 278 Å². The molecule has 0 saturated carbocycles. The molecule has 23 heteroatoms. The van der Waals surface area contributed by atoms with Crippen molar-refractivity contribution in [3.63, 3.8) is 0 Å². The summed E-state index contributed by atoms with van der Waals surface area (Å²) in [5, 5.41) is 66.5. The molecule has 6 N–H and O–H groups in total. The van der Waals surface area contributed by atoms with Crippen LogP contribution in [-0.4, -0.2) is 232 Å². The molecule has 0 aromatic rings. The van der Waals surface area contributed by atoms with Gasteiger partial charge in [0, 0.05) is 58.0 Å². The largest absolute Gasteiger partial charge is 0.393 e. The van der Waals surface area contributed by atoms with Crippen LogP contribution in [-0.2, 0) is 80.5 Å². The minimum absolute atomic E-state index is 0.0487. The second-order valence-corrected chi connectivity index (χ2v) is 19.6. The first-order valence-electron chi connectivity index (χ1n) is 24.7. The number of ether oxygens (including phenoxy) is 17. The molecule has 24 atom stereocenters. The van der Waals surface area contributed by atoms with Gasteiger partial charge in [-0.1, -0.05) is 13.3 Å². The van der Waals surface area contributed by atoms with Crippen LogP contribution in [0.3, 0.4) is 0 Å². The minimum atomic E-state index is -1.08. The molecule has 30 rings (SSSR count). The molecule has 0 aromatic carbocycles. The van der Waals surface area contributed by atoms with Crippen molar-refractivity contribution >= 4 is 0 Å². The number of rotatable bonds is 4. The Morgan fingerprint density at radius 3 is 1.12 bits per heavy atom. The Kier molecular flexibility index (Phi) is 18.7. The molecule has 23 nitrogen and oxygen atoms in total. The zero-order valence-corrected chi connectivity index (χ0v) is 38.9. The van der Waals surface area contributed by atoms with Crippen LogP contribution in [0.25, 0.3) is 0 Å². The first kappa shape index (κ1) is 52.0. The lowest BCUT2D eigenvalue weighted by Crippen LogP contribution is -2.54. The van der Waals surface area contributed by atoms with E-state index in [1.165, 1.54) is 0 Å². The molecule has 30 fully saturated rings. The van der Waals surface area contributed by atoms with E-state index in [2.05, 4.69) is 0 Å². The van der Waals surface area contributed by atoms with Gasteiger partial charge in [0.1, 0.15) is 36.6 Å². The maximum atomic E-state index is 11.3.